The number of rotatable bonds is 11. The SMILES string of the molecule is C=NS/C(C(=O)N[C@@H](Cc1ccccc1)C(=O)NCCc1cc(Cl)ccc1-n1cnnn1)=C(/C)N. The summed E-state index contributed by atoms with van der Waals surface area (Å²) in [5.74, 6) is -0.826. The zero-order valence-electron chi connectivity index (χ0n) is 19.0. The summed E-state index contributed by atoms with van der Waals surface area (Å²) in [6.07, 6.45) is 2.25. The van der Waals surface area contributed by atoms with Crippen LogP contribution in [0, 0.1) is 0 Å². The van der Waals surface area contributed by atoms with E-state index >= 15 is 0 Å². The molecule has 0 bridgehead atoms. The molecule has 2 aromatic carbocycles. The van der Waals surface area contributed by atoms with Crippen molar-refractivity contribution < 1.29 is 9.59 Å². The first-order valence-corrected chi connectivity index (χ1v) is 11.8. The molecule has 0 saturated heterocycles. The molecule has 35 heavy (non-hydrogen) atoms. The van der Waals surface area contributed by atoms with E-state index in [9.17, 15) is 9.59 Å². The van der Waals surface area contributed by atoms with Gasteiger partial charge in [-0.15, -0.1) is 5.10 Å². The van der Waals surface area contributed by atoms with Gasteiger partial charge < -0.3 is 16.4 Å². The first-order valence-electron chi connectivity index (χ1n) is 10.6. The maximum Gasteiger partial charge on any atom is 0.261 e. The first-order chi connectivity index (χ1) is 16.9. The number of tetrazole rings is 1. The Kier molecular flexibility index (Phi) is 9.39. The van der Waals surface area contributed by atoms with E-state index < -0.39 is 11.9 Å². The summed E-state index contributed by atoms with van der Waals surface area (Å²) in [6, 6.07) is 13.9. The minimum Gasteiger partial charge on any atom is -0.401 e. The zero-order valence-corrected chi connectivity index (χ0v) is 20.6. The van der Waals surface area contributed by atoms with Crippen LogP contribution in [0.4, 0.5) is 0 Å². The number of amides is 2. The Morgan fingerprint density at radius 1 is 1.26 bits per heavy atom. The molecule has 4 N–H and O–H groups in total. The number of benzene rings is 2. The molecule has 1 aromatic heterocycles. The van der Waals surface area contributed by atoms with Gasteiger partial charge in [-0.3, -0.25) is 9.59 Å². The number of aromatic nitrogens is 4. The number of allylic oxidation sites excluding steroid dienone is 1. The van der Waals surface area contributed by atoms with E-state index in [0.717, 1.165) is 28.8 Å². The van der Waals surface area contributed by atoms with Crippen LogP contribution in [0.1, 0.15) is 18.1 Å². The molecule has 0 radical (unpaired) electrons. The van der Waals surface area contributed by atoms with Gasteiger partial charge in [0.2, 0.25) is 5.91 Å². The summed E-state index contributed by atoms with van der Waals surface area (Å²) >= 11 is 7.04. The van der Waals surface area contributed by atoms with Crippen LogP contribution in [0.2, 0.25) is 5.02 Å². The molecule has 1 heterocycles. The van der Waals surface area contributed by atoms with Gasteiger partial charge in [0.1, 0.15) is 17.3 Å². The predicted molar refractivity (Wildman–Crippen MR) is 137 cm³/mol. The van der Waals surface area contributed by atoms with Crippen molar-refractivity contribution in [2.75, 3.05) is 6.54 Å². The number of carbonyl (C=O) groups is 2. The van der Waals surface area contributed by atoms with Crippen molar-refractivity contribution >= 4 is 42.1 Å². The fourth-order valence-electron chi connectivity index (χ4n) is 3.33. The number of halogens is 1. The maximum absolute atomic E-state index is 13.1. The number of hydrogen-bond donors (Lipinski definition) is 3. The van der Waals surface area contributed by atoms with Crippen molar-refractivity contribution in [2.45, 2.75) is 25.8 Å². The minimum absolute atomic E-state index is 0.191. The van der Waals surface area contributed by atoms with Crippen LogP contribution in [0.5, 0.6) is 0 Å². The molecular formula is C23H25ClN8O2S. The smallest absolute Gasteiger partial charge is 0.261 e. The summed E-state index contributed by atoms with van der Waals surface area (Å²) < 4.78 is 5.20. The third-order valence-corrected chi connectivity index (χ3v) is 6.01. The van der Waals surface area contributed by atoms with Crippen LogP contribution < -0.4 is 16.4 Å². The fourth-order valence-corrected chi connectivity index (χ4v) is 3.94. The molecule has 0 fully saturated rings. The second-order valence-electron chi connectivity index (χ2n) is 7.52. The molecule has 0 aliphatic carbocycles. The maximum atomic E-state index is 13.1. The predicted octanol–water partition coefficient (Wildman–Crippen LogP) is 2.24. The monoisotopic (exact) mass is 512 g/mol. The van der Waals surface area contributed by atoms with E-state index in [1.165, 1.54) is 11.0 Å². The Hall–Kier alpha value is -3.70. The third kappa shape index (κ3) is 7.39. The normalized spacial score (nSPS) is 12.4. The largest absolute Gasteiger partial charge is 0.401 e. The highest BCUT2D eigenvalue weighted by Crippen LogP contribution is 2.20. The molecule has 1 atom stereocenters. The summed E-state index contributed by atoms with van der Waals surface area (Å²) in [5, 5.41) is 17.5. The Labute approximate surface area is 212 Å². The highest BCUT2D eigenvalue weighted by molar-refractivity contribution is 8.02. The number of nitrogens with two attached hydrogens (primary N) is 1. The molecule has 0 spiro atoms. The average molecular weight is 513 g/mol. The van der Waals surface area contributed by atoms with Crippen molar-refractivity contribution in [3.8, 4) is 5.69 Å². The van der Waals surface area contributed by atoms with Gasteiger partial charge in [0, 0.05) is 35.6 Å². The second-order valence-corrected chi connectivity index (χ2v) is 8.80. The van der Waals surface area contributed by atoms with Crippen LogP contribution in [-0.4, -0.2) is 51.3 Å². The van der Waals surface area contributed by atoms with Gasteiger partial charge >= 0.3 is 0 Å². The lowest BCUT2D eigenvalue weighted by Crippen LogP contribution is -2.48. The van der Waals surface area contributed by atoms with Crippen LogP contribution >= 0.6 is 23.5 Å². The summed E-state index contributed by atoms with van der Waals surface area (Å²) in [7, 11) is 0. The molecule has 0 unspecified atom stereocenters. The molecule has 3 aromatic rings. The zero-order chi connectivity index (χ0) is 25.2. The highest BCUT2D eigenvalue weighted by Gasteiger charge is 2.24. The molecule has 0 saturated carbocycles. The van der Waals surface area contributed by atoms with E-state index in [1.54, 1.807) is 19.1 Å². The lowest BCUT2D eigenvalue weighted by molar-refractivity contribution is -0.127. The van der Waals surface area contributed by atoms with Crippen molar-refractivity contribution in [1.82, 2.24) is 30.8 Å². The average Bonchev–Trinajstić information content (AvgIpc) is 3.37. The summed E-state index contributed by atoms with van der Waals surface area (Å²) in [5.41, 5.74) is 8.61. The Balaban J connectivity index is 1.72. The third-order valence-electron chi connectivity index (χ3n) is 4.96. The van der Waals surface area contributed by atoms with E-state index in [0.29, 0.717) is 24.4 Å². The van der Waals surface area contributed by atoms with E-state index in [4.69, 9.17) is 17.3 Å². The van der Waals surface area contributed by atoms with Crippen molar-refractivity contribution in [2.24, 2.45) is 10.1 Å². The van der Waals surface area contributed by atoms with Crippen molar-refractivity contribution in [3.05, 3.63) is 81.6 Å². The van der Waals surface area contributed by atoms with Crippen molar-refractivity contribution in [1.29, 1.82) is 0 Å². The van der Waals surface area contributed by atoms with Crippen LogP contribution in [-0.2, 0) is 22.4 Å². The van der Waals surface area contributed by atoms with E-state index in [2.05, 4.69) is 37.3 Å². The molecule has 0 aliphatic heterocycles. The molecule has 12 heteroatoms. The van der Waals surface area contributed by atoms with Crippen LogP contribution in [0.15, 0.2) is 69.9 Å². The molecule has 3 rings (SSSR count). The quantitative estimate of drug-likeness (QED) is 0.203. The summed E-state index contributed by atoms with van der Waals surface area (Å²) in [4.78, 5) is 26.1. The van der Waals surface area contributed by atoms with E-state index in [-0.39, 0.29) is 16.5 Å². The van der Waals surface area contributed by atoms with Gasteiger partial charge in [0.15, 0.2) is 0 Å². The Bertz CT molecular complexity index is 1200. The second kappa shape index (κ2) is 12.7. The van der Waals surface area contributed by atoms with Gasteiger partial charge in [-0.1, -0.05) is 41.9 Å². The molecule has 10 nitrogen and oxygen atoms in total. The fraction of sp³-hybridized carbons (Fsp3) is 0.217. The lowest BCUT2D eigenvalue weighted by atomic mass is 10.0. The number of nitrogens with one attached hydrogen (secondary N) is 2. The molecule has 2 amide bonds. The van der Waals surface area contributed by atoms with E-state index in [1.807, 2.05) is 36.4 Å². The Morgan fingerprint density at radius 2 is 2.03 bits per heavy atom. The standard InChI is InChI=1S/C23H25ClN8O2S/c1-15(25)21(35-26-2)23(34)29-19(12-16-6-4-3-5-7-16)22(33)27-11-10-17-13-18(24)8-9-20(17)32-14-28-30-31-32/h3-9,13-14,19H,2,10-12,25H2,1H3,(H,27,33)(H,29,34)/b21-15-/t19-/m0/s1. The first kappa shape index (κ1) is 25.9. The highest BCUT2D eigenvalue weighted by atomic mass is 35.5. The van der Waals surface area contributed by atoms with Gasteiger partial charge in [0.05, 0.1) is 5.69 Å². The van der Waals surface area contributed by atoms with Crippen LogP contribution in [0.3, 0.4) is 0 Å². The van der Waals surface area contributed by atoms with Crippen molar-refractivity contribution in [3.63, 3.8) is 0 Å². The van der Waals surface area contributed by atoms with Gasteiger partial charge in [-0.2, -0.15) is 0 Å². The van der Waals surface area contributed by atoms with Gasteiger partial charge in [-0.05, 0) is 59.8 Å². The molecule has 0 aliphatic rings. The summed E-state index contributed by atoms with van der Waals surface area (Å²) in [6.45, 7) is 5.28. The van der Waals surface area contributed by atoms with Gasteiger partial charge in [0.25, 0.3) is 5.91 Å². The number of carbonyl (C=O) groups excluding carboxylic acids is 2. The minimum atomic E-state index is -0.831. The number of nitrogens with zero attached hydrogens (tertiary/aromatic N) is 5. The lowest BCUT2D eigenvalue weighted by Gasteiger charge is -2.20. The Morgan fingerprint density at radius 3 is 2.69 bits per heavy atom. The molecular weight excluding hydrogens is 488 g/mol. The topological polar surface area (TPSA) is 140 Å². The number of hydrogen-bond acceptors (Lipinski definition) is 8. The van der Waals surface area contributed by atoms with Crippen LogP contribution in [0.25, 0.3) is 5.69 Å². The molecule has 182 valence electrons. The van der Waals surface area contributed by atoms with Gasteiger partial charge in [-0.25, -0.2) is 9.08 Å².